The quantitative estimate of drug-likeness (QED) is 0.282. The summed E-state index contributed by atoms with van der Waals surface area (Å²) in [5.74, 6) is -0.0953. The largest absolute Gasteiger partial charge is 0.497 e. The number of benzene rings is 2. The first-order valence-electron chi connectivity index (χ1n) is 13.9. The standard InChI is InChI=1S/C31H40N2O8/c1-38-23-31(37)41-22-26-19-33(29(35)9-6-10-30(36)40-21-25-7-4-3-5-8-25)18-17-32(26)20-27(34)14-11-24-12-15-28(39-2)16-13-24/h3-5,7-8,12-13,15-16,26H,6,9-11,14,17-23H2,1-2H3. The lowest BCUT2D eigenvalue weighted by molar-refractivity contribution is -0.151. The van der Waals surface area contributed by atoms with Crippen molar-refractivity contribution in [2.45, 2.75) is 44.8 Å². The maximum Gasteiger partial charge on any atom is 0.332 e. The Labute approximate surface area is 241 Å². The number of nitrogens with zero attached hydrogens (tertiary/aromatic N) is 2. The number of ether oxygens (including phenoxy) is 4. The summed E-state index contributed by atoms with van der Waals surface area (Å²) in [5, 5.41) is 0. The number of ketones is 1. The lowest BCUT2D eigenvalue weighted by Crippen LogP contribution is -2.57. The number of rotatable bonds is 16. The zero-order valence-electron chi connectivity index (χ0n) is 23.9. The van der Waals surface area contributed by atoms with Crippen LogP contribution in [-0.4, -0.2) is 93.1 Å². The Kier molecular flexibility index (Phi) is 13.3. The summed E-state index contributed by atoms with van der Waals surface area (Å²) in [6.07, 6.45) is 1.73. The minimum Gasteiger partial charge on any atom is -0.497 e. The van der Waals surface area contributed by atoms with Gasteiger partial charge in [0.1, 0.15) is 31.4 Å². The number of carbonyl (C=O) groups excluding carboxylic acids is 4. The molecule has 1 aliphatic heterocycles. The highest BCUT2D eigenvalue weighted by atomic mass is 16.6. The van der Waals surface area contributed by atoms with E-state index in [2.05, 4.69) is 0 Å². The molecule has 0 spiro atoms. The molecule has 1 saturated heterocycles. The maximum absolute atomic E-state index is 12.9. The van der Waals surface area contributed by atoms with Crippen molar-refractivity contribution in [3.05, 3.63) is 65.7 Å². The van der Waals surface area contributed by atoms with Crippen LogP contribution in [-0.2, 0) is 46.4 Å². The molecule has 10 heteroatoms. The molecule has 1 unspecified atom stereocenters. The Hall–Kier alpha value is -3.76. The van der Waals surface area contributed by atoms with Crippen molar-refractivity contribution in [3.63, 3.8) is 0 Å². The van der Waals surface area contributed by atoms with Crippen molar-refractivity contribution >= 4 is 23.6 Å². The smallest absolute Gasteiger partial charge is 0.332 e. The molecule has 1 fully saturated rings. The minimum atomic E-state index is -0.504. The molecule has 1 amide bonds. The second kappa shape index (κ2) is 17.1. The van der Waals surface area contributed by atoms with Gasteiger partial charge in [0.2, 0.25) is 5.91 Å². The minimum absolute atomic E-state index is 0.0452. The third-order valence-corrected chi connectivity index (χ3v) is 6.90. The van der Waals surface area contributed by atoms with Crippen LogP contribution < -0.4 is 4.74 Å². The molecule has 1 heterocycles. The molecule has 1 aliphatic rings. The molecular weight excluding hydrogens is 528 g/mol. The molecule has 0 saturated carbocycles. The third-order valence-electron chi connectivity index (χ3n) is 6.90. The molecule has 0 bridgehead atoms. The second-order valence-corrected chi connectivity index (χ2v) is 9.97. The van der Waals surface area contributed by atoms with Gasteiger partial charge in [-0.25, -0.2) is 4.79 Å². The first kappa shape index (κ1) is 31.8. The summed E-state index contributed by atoms with van der Waals surface area (Å²) in [4.78, 5) is 53.5. The van der Waals surface area contributed by atoms with Crippen LogP contribution in [0.3, 0.4) is 0 Å². The number of hydrogen-bond donors (Lipinski definition) is 0. The molecule has 222 valence electrons. The highest BCUT2D eigenvalue weighted by Gasteiger charge is 2.31. The predicted molar refractivity (Wildman–Crippen MR) is 151 cm³/mol. The lowest BCUT2D eigenvalue weighted by Gasteiger charge is -2.40. The van der Waals surface area contributed by atoms with Gasteiger partial charge in [-0.2, -0.15) is 0 Å². The van der Waals surface area contributed by atoms with Gasteiger partial charge in [-0.15, -0.1) is 0 Å². The van der Waals surface area contributed by atoms with E-state index in [-0.39, 0.29) is 62.9 Å². The fraction of sp³-hybridized carbons (Fsp3) is 0.484. The van der Waals surface area contributed by atoms with Crippen LogP contribution in [0, 0.1) is 0 Å². The summed E-state index contributed by atoms with van der Waals surface area (Å²) in [5.41, 5.74) is 1.95. The summed E-state index contributed by atoms with van der Waals surface area (Å²) in [7, 11) is 3.02. The second-order valence-electron chi connectivity index (χ2n) is 9.97. The van der Waals surface area contributed by atoms with Crippen LogP contribution in [0.15, 0.2) is 54.6 Å². The summed E-state index contributed by atoms with van der Waals surface area (Å²) in [6.45, 7) is 1.54. The zero-order chi connectivity index (χ0) is 29.5. The molecule has 10 nitrogen and oxygen atoms in total. The summed E-state index contributed by atoms with van der Waals surface area (Å²) < 4.78 is 20.7. The van der Waals surface area contributed by atoms with Gasteiger partial charge in [0.15, 0.2) is 0 Å². The first-order valence-corrected chi connectivity index (χ1v) is 13.9. The van der Waals surface area contributed by atoms with Gasteiger partial charge in [-0.05, 0) is 36.1 Å². The number of piperazine rings is 1. The Morgan fingerprint density at radius 3 is 2.29 bits per heavy atom. The van der Waals surface area contributed by atoms with Gasteiger partial charge >= 0.3 is 11.9 Å². The molecule has 41 heavy (non-hydrogen) atoms. The van der Waals surface area contributed by atoms with E-state index < -0.39 is 5.97 Å². The molecule has 0 N–H and O–H groups in total. The Bertz CT molecular complexity index is 1120. The number of Topliss-reactive ketones (excluding diaryl/α,β-unsaturated/α-hetero) is 1. The Morgan fingerprint density at radius 1 is 0.829 bits per heavy atom. The van der Waals surface area contributed by atoms with Crippen molar-refractivity contribution in [3.8, 4) is 5.75 Å². The van der Waals surface area contributed by atoms with E-state index in [1.54, 1.807) is 12.0 Å². The topological polar surface area (TPSA) is 112 Å². The molecule has 2 aromatic rings. The fourth-order valence-corrected chi connectivity index (χ4v) is 4.57. The van der Waals surface area contributed by atoms with Gasteiger partial charge in [0, 0.05) is 46.0 Å². The number of aryl methyl sites for hydroxylation is 1. The highest BCUT2D eigenvalue weighted by Crippen LogP contribution is 2.16. The normalized spacial score (nSPS) is 15.3. The predicted octanol–water partition coefficient (Wildman–Crippen LogP) is 2.81. The van der Waals surface area contributed by atoms with E-state index in [1.165, 1.54) is 7.11 Å². The fourth-order valence-electron chi connectivity index (χ4n) is 4.57. The van der Waals surface area contributed by atoms with Gasteiger partial charge in [0.25, 0.3) is 0 Å². The molecule has 0 radical (unpaired) electrons. The van der Waals surface area contributed by atoms with Crippen LogP contribution in [0.4, 0.5) is 0 Å². The summed E-state index contributed by atoms with van der Waals surface area (Å²) in [6, 6.07) is 16.7. The van der Waals surface area contributed by atoms with Crippen molar-refractivity contribution in [2.75, 3.05) is 53.6 Å². The van der Waals surface area contributed by atoms with Crippen LogP contribution in [0.5, 0.6) is 5.75 Å². The average Bonchev–Trinajstić information content (AvgIpc) is 2.99. The van der Waals surface area contributed by atoms with E-state index in [0.717, 1.165) is 16.9 Å². The van der Waals surface area contributed by atoms with Gasteiger partial charge in [0.05, 0.1) is 19.7 Å². The number of esters is 2. The van der Waals surface area contributed by atoms with E-state index >= 15 is 0 Å². The summed E-state index contributed by atoms with van der Waals surface area (Å²) >= 11 is 0. The SMILES string of the molecule is COCC(=O)OCC1CN(C(=O)CCCC(=O)OCc2ccccc2)CCN1CC(=O)CCc1ccc(OC)cc1. The lowest BCUT2D eigenvalue weighted by atomic mass is 10.1. The number of carbonyl (C=O) groups is 4. The number of hydrogen-bond acceptors (Lipinski definition) is 9. The van der Waals surface area contributed by atoms with E-state index in [9.17, 15) is 19.2 Å². The van der Waals surface area contributed by atoms with E-state index in [1.807, 2.05) is 59.5 Å². The van der Waals surface area contributed by atoms with Crippen LogP contribution in [0.2, 0.25) is 0 Å². The zero-order valence-corrected chi connectivity index (χ0v) is 23.9. The average molecular weight is 569 g/mol. The van der Waals surface area contributed by atoms with Crippen molar-refractivity contribution < 1.29 is 38.1 Å². The molecule has 0 aromatic heterocycles. The Balaban J connectivity index is 1.46. The van der Waals surface area contributed by atoms with Gasteiger partial charge < -0.3 is 23.8 Å². The molecule has 0 aliphatic carbocycles. The molecule has 2 aromatic carbocycles. The first-order chi connectivity index (χ1) is 19.9. The highest BCUT2D eigenvalue weighted by molar-refractivity contribution is 5.81. The Morgan fingerprint density at radius 2 is 1.59 bits per heavy atom. The van der Waals surface area contributed by atoms with Crippen LogP contribution >= 0.6 is 0 Å². The number of amides is 1. The monoisotopic (exact) mass is 568 g/mol. The molecule has 3 rings (SSSR count). The van der Waals surface area contributed by atoms with Crippen molar-refractivity contribution in [1.29, 1.82) is 0 Å². The third kappa shape index (κ3) is 11.3. The van der Waals surface area contributed by atoms with Crippen molar-refractivity contribution in [2.24, 2.45) is 0 Å². The molecule has 1 atom stereocenters. The molecular formula is C31H40N2O8. The van der Waals surface area contributed by atoms with Crippen LogP contribution in [0.1, 0.15) is 36.8 Å². The van der Waals surface area contributed by atoms with Crippen LogP contribution in [0.25, 0.3) is 0 Å². The van der Waals surface area contributed by atoms with E-state index in [4.69, 9.17) is 18.9 Å². The van der Waals surface area contributed by atoms with Gasteiger partial charge in [-0.3, -0.25) is 19.3 Å². The van der Waals surface area contributed by atoms with Gasteiger partial charge in [-0.1, -0.05) is 42.5 Å². The van der Waals surface area contributed by atoms with E-state index in [0.29, 0.717) is 38.9 Å². The maximum atomic E-state index is 12.9. The number of methoxy groups -OCH3 is 2. The van der Waals surface area contributed by atoms with Crippen molar-refractivity contribution in [1.82, 2.24) is 9.80 Å².